The maximum Gasteiger partial charge on any atom is 0.275 e. The molecule has 0 radical (unpaired) electrons. The normalized spacial score (nSPS) is 11.0. The molecular weight excluding hydrogens is 274 g/mol. The average Bonchev–Trinajstić information content (AvgIpc) is 2.50. The van der Waals surface area contributed by atoms with E-state index in [-0.39, 0.29) is 11.8 Å². The zero-order valence-corrected chi connectivity index (χ0v) is 13.9. The lowest BCUT2D eigenvalue weighted by Crippen LogP contribution is -2.32. The summed E-state index contributed by atoms with van der Waals surface area (Å²) in [5, 5.41) is 7.50. The minimum Gasteiger partial charge on any atom is -0.352 e. The summed E-state index contributed by atoms with van der Waals surface area (Å²) >= 11 is 0. The summed E-state index contributed by atoms with van der Waals surface area (Å²) in [6.45, 7) is 9.37. The Bertz CT molecular complexity index is 665. The van der Waals surface area contributed by atoms with E-state index >= 15 is 0 Å². The monoisotopic (exact) mass is 300 g/mol. The molecule has 0 spiro atoms. The van der Waals surface area contributed by atoms with Gasteiger partial charge in [0, 0.05) is 16.9 Å². The van der Waals surface area contributed by atoms with E-state index in [0.717, 1.165) is 17.8 Å². The van der Waals surface area contributed by atoms with Crippen LogP contribution in [-0.2, 0) is 11.2 Å². The van der Waals surface area contributed by atoms with Crippen LogP contribution in [-0.4, -0.2) is 19.0 Å². The van der Waals surface area contributed by atoms with Crippen LogP contribution in [0.3, 0.4) is 0 Å². The molecule has 4 heteroatoms. The Hall–Kier alpha value is -2.10. The van der Waals surface area contributed by atoms with Gasteiger partial charge in [0.15, 0.2) is 0 Å². The molecule has 0 unspecified atom stereocenters. The van der Waals surface area contributed by atoms with Crippen molar-refractivity contribution < 1.29 is 9.78 Å². The third-order valence-corrected chi connectivity index (χ3v) is 3.80. The van der Waals surface area contributed by atoms with Crippen LogP contribution in [0.5, 0.6) is 0 Å². The summed E-state index contributed by atoms with van der Waals surface area (Å²) in [5.74, 6) is 1.13. The topological polar surface area (TPSA) is 55.3 Å². The largest absolute Gasteiger partial charge is 0.352 e. The Morgan fingerprint density at radius 1 is 1.23 bits per heavy atom. The molecule has 2 rings (SSSR count). The predicted octanol–water partition coefficient (Wildman–Crippen LogP) is 2.71. The van der Waals surface area contributed by atoms with Crippen LogP contribution in [0.2, 0.25) is 0 Å². The van der Waals surface area contributed by atoms with E-state index in [1.54, 1.807) is 0 Å². The molecule has 1 heterocycles. The number of rotatable bonds is 6. The molecule has 4 nitrogen and oxygen atoms in total. The number of anilines is 1. The number of nitrogens with one attached hydrogen (secondary N) is 3. The minimum absolute atomic E-state index is 0.0294. The van der Waals surface area contributed by atoms with Crippen LogP contribution in [0.4, 0.5) is 5.82 Å². The van der Waals surface area contributed by atoms with Crippen molar-refractivity contribution in [3.05, 3.63) is 35.4 Å². The number of pyridine rings is 1. The molecule has 0 aliphatic carbocycles. The van der Waals surface area contributed by atoms with Crippen molar-refractivity contribution in [3.8, 4) is 0 Å². The number of carbonyl (C=O) groups excluding carboxylic acids is 1. The van der Waals surface area contributed by atoms with Crippen molar-refractivity contribution in [1.82, 2.24) is 5.32 Å². The van der Waals surface area contributed by atoms with Crippen LogP contribution < -0.4 is 15.6 Å². The number of hydrogen-bond acceptors (Lipinski definition) is 2. The van der Waals surface area contributed by atoms with Crippen LogP contribution in [0.15, 0.2) is 24.3 Å². The number of amides is 1. The third kappa shape index (κ3) is 3.97. The smallest absolute Gasteiger partial charge is 0.275 e. The number of aromatic nitrogens is 1. The number of carbonyl (C=O) groups is 1. The lowest BCUT2D eigenvalue weighted by atomic mass is 10.1. The third-order valence-electron chi connectivity index (χ3n) is 3.80. The Morgan fingerprint density at radius 3 is 2.68 bits per heavy atom. The van der Waals surface area contributed by atoms with Gasteiger partial charge in [-0.3, -0.25) is 10.1 Å². The van der Waals surface area contributed by atoms with Gasteiger partial charge in [0.1, 0.15) is 12.1 Å². The van der Waals surface area contributed by atoms with Gasteiger partial charge < -0.3 is 5.32 Å². The second-order valence-electron chi connectivity index (χ2n) is 5.98. The van der Waals surface area contributed by atoms with Crippen LogP contribution in [0.25, 0.3) is 10.9 Å². The average molecular weight is 300 g/mol. The highest BCUT2D eigenvalue weighted by molar-refractivity contribution is 5.78. The number of fused-ring (bicyclic) bond motifs is 1. The zero-order chi connectivity index (χ0) is 16.1. The van der Waals surface area contributed by atoms with Gasteiger partial charge in [-0.1, -0.05) is 26.8 Å². The Morgan fingerprint density at radius 2 is 2.00 bits per heavy atom. The maximum absolute atomic E-state index is 11.5. The van der Waals surface area contributed by atoms with Crippen molar-refractivity contribution >= 4 is 22.6 Å². The van der Waals surface area contributed by atoms with E-state index in [2.05, 4.69) is 53.7 Å². The van der Waals surface area contributed by atoms with Gasteiger partial charge in [-0.05, 0) is 37.1 Å². The maximum atomic E-state index is 11.5. The number of aromatic amines is 1. The van der Waals surface area contributed by atoms with Crippen molar-refractivity contribution in [1.29, 1.82) is 0 Å². The molecule has 22 heavy (non-hydrogen) atoms. The van der Waals surface area contributed by atoms with Crippen molar-refractivity contribution in [2.75, 3.05) is 18.4 Å². The number of aryl methyl sites for hydroxylation is 2. The highest BCUT2D eigenvalue weighted by Crippen LogP contribution is 2.17. The molecule has 0 bridgehead atoms. The summed E-state index contributed by atoms with van der Waals surface area (Å²) < 4.78 is 0. The second-order valence-corrected chi connectivity index (χ2v) is 5.98. The summed E-state index contributed by atoms with van der Waals surface area (Å²) in [4.78, 5) is 14.9. The van der Waals surface area contributed by atoms with Crippen molar-refractivity contribution in [3.63, 3.8) is 0 Å². The second kappa shape index (κ2) is 7.25. The van der Waals surface area contributed by atoms with Gasteiger partial charge in [-0.15, -0.1) is 0 Å². The van der Waals surface area contributed by atoms with Gasteiger partial charge in [0.25, 0.3) is 5.82 Å². The fourth-order valence-corrected chi connectivity index (χ4v) is 2.36. The molecule has 118 valence electrons. The predicted molar refractivity (Wildman–Crippen MR) is 91.0 cm³/mol. The molecule has 0 fully saturated rings. The summed E-state index contributed by atoms with van der Waals surface area (Å²) in [5.41, 5.74) is 3.64. The van der Waals surface area contributed by atoms with Gasteiger partial charge in [-0.25, -0.2) is 4.98 Å². The quantitative estimate of drug-likeness (QED) is 0.806. The van der Waals surface area contributed by atoms with Crippen LogP contribution in [0, 0.1) is 12.8 Å². The van der Waals surface area contributed by atoms with Gasteiger partial charge in [0.05, 0.1) is 6.54 Å². The highest BCUT2D eigenvalue weighted by Gasteiger charge is 2.10. The Kier molecular flexibility index (Phi) is 5.36. The Balaban J connectivity index is 2.02. The number of H-pyrrole nitrogens is 1. The molecule has 0 saturated heterocycles. The number of benzene rings is 1. The standard InChI is InChI=1S/C18H25N3O/c1-5-14-6-7-16-15(11-14)10-13(4)17(21-16)19-8-9-20-18(22)12(2)3/h6-7,10-12H,5,8-9H2,1-4H3,(H,19,21)(H,20,22)/p+1. The first-order valence-electron chi connectivity index (χ1n) is 7.98. The Labute approximate surface area is 132 Å². The van der Waals surface area contributed by atoms with E-state index in [1.165, 1.54) is 16.5 Å². The SMILES string of the molecule is CCc1ccc2[nH+]c(NCCNC(=O)C(C)C)c(C)cc2c1. The molecule has 1 amide bonds. The van der Waals surface area contributed by atoms with Crippen LogP contribution >= 0.6 is 0 Å². The summed E-state index contributed by atoms with van der Waals surface area (Å²) in [7, 11) is 0. The molecule has 2 aromatic rings. The lowest BCUT2D eigenvalue weighted by Gasteiger charge is -2.08. The van der Waals surface area contributed by atoms with E-state index < -0.39 is 0 Å². The van der Waals surface area contributed by atoms with E-state index in [1.807, 2.05) is 13.8 Å². The first-order valence-corrected chi connectivity index (χ1v) is 7.98. The molecule has 0 aliphatic rings. The fraction of sp³-hybridized carbons (Fsp3) is 0.444. The van der Waals surface area contributed by atoms with Crippen molar-refractivity contribution in [2.24, 2.45) is 5.92 Å². The molecular formula is C18H26N3O+. The molecule has 3 N–H and O–H groups in total. The van der Waals surface area contributed by atoms with E-state index in [9.17, 15) is 4.79 Å². The fourth-order valence-electron chi connectivity index (χ4n) is 2.36. The highest BCUT2D eigenvalue weighted by atomic mass is 16.1. The lowest BCUT2D eigenvalue weighted by molar-refractivity contribution is -0.327. The van der Waals surface area contributed by atoms with Crippen LogP contribution in [0.1, 0.15) is 31.9 Å². The molecule has 0 saturated carbocycles. The first kappa shape index (κ1) is 16.3. The molecule has 1 aromatic carbocycles. The van der Waals surface area contributed by atoms with Crippen molar-refractivity contribution in [2.45, 2.75) is 34.1 Å². The molecule has 1 aromatic heterocycles. The molecule has 0 atom stereocenters. The zero-order valence-electron chi connectivity index (χ0n) is 13.9. The first-order chi connectivity index (χ1) is 10.5. The summed E-state index contributed by atoms with van der Waals surface area (Å²) in [6.07, 6.45) is 1.05. The van der Waals surface area contributed by atoms with Gasteiger partial charge in [0.2, 0.25) is 5.91 Å². The minimum atomic E-state index is 0.0294. The van der Waals surface area contributed by atoms with E-state index in [0.29, 0.717) is 13.1 Å². The van der Waals surface area contributed by atoms with Gasteiger partial charge >= 0.3 is 0 Å². The van der Waals surface area contributed by atoms with Gasteiger partial charge in [-0.2, -0.15) is 0 Å². The molecule has 0 aliphatic heterocycles. The van der Waals surface area contributed by atoms with E-state index in [4.69, 9.17) is 0 Å². The number of hydrogen-bond donors (Lipinski definition) is 2. The summed E-state index contributed by atoms with van der Waals surface area (Å²) in [6, 6.07) is 8.70.